The maximum atomic E-state index is 2.61. The molecule has 1 atom stereocenters. The minimum absolute atomic E-state index is 0.825. The Bertz CT molecular complexity index is 128. The van der Waals surface area contributed by atoms with Crippen LogP contribution in [0.1, 0.15) is 40.0 Å². The quantitative estimate of drug-likeness (QED) is 0.582. The van der Waals surface area contributed by atoms with Gasteiger partial charge in [-0.2, -0.15) is 0 Å². The average Bonchev–Trinajstić information content (AvgIpc) is 2.15. The molecule has 0 aliphatic rings. The number of rotatable bonds is 9. The average molecular weight is 214 g/mol. The van der Waals surface area contributed by atoms with Gasteiger partial charge in [-0.15, -0.1) is 0 Å². The van der Waals surface area contributed by atoms with Gasteiger partial charge in [0.15, 0.2) is 0 Å². The lowest BCUT2D eigenvalue weighted by atomic mass is 10.1. The highest BCUT2D eigenvalue weighted by atomic mass is 15.1. The maximum absolute atomic E-state index is 2.61. The van der Waals surface area contributed by atoms with Crippen LogP contribution >= 0.6 is 0 Å². The van der Waals surface area contributed by atoms with Gasteiger partial charge in [0.05, 0.1) is 0 Å². The molecule has 0 aromatic heterocycles. The fourth-order valence-electron chi connectivity index (χ4n) is 1.94. The Morgan fingerprint density at radius 1 is 0.933 bits per heavy atom. The summed E-state index contributed by atoms with van der Waals surface area (Å²) in [7, 11) is 4.31. The zero-order chi connectivity index (χ0) is 11.7. The Morgan fingerprint density at radius 3 is 1.87 bits per heavy atom. The normalized spacial score (nSPS) is 13.8. The molecule has 0 aromatic rings. The van der Waals surface area contributed by atoms with Gasteiger partial charge in [0.2, 0.25) is 0 Å². The van der Waals surface area contributed by atoms with E-state index in [1.807, 2.05) is 0 Å². The predicted molar refractivity (Wildman–Crippen MR) is 69.4 cm³/mol. The van der Waals surface area contributed by atoms with Gasteiger partial charge in [-0.3, -0.25) is 0 Å². The van der Waals surface area contributed by atoms with E-state index in [-0.39, 0.29) is 0 Å². The van der Waals surface area contributed by atoms with E-state index < -0.39 is 0 Å². The van der Waals surface area contributed by atoms with Crippen molar-refractivity contribution in [1.29, 1.82) is 0 Å². The summed E-state index contributed by atoms with van der Waals surface area (Å²) in [5.41, 5.74) is 0. The summed E-state index contributed by atoms with van der Waals surface area (Å²) in [6.07, 6.45) is 3.87. The first-order chi connectivity index (χ1) is 7.10. The van der Waals surface area contributed by atoms with Crippen LogP contribution in [0.4, 0.5) is 0 Å². The van der Waals surface area contributed by atoms with Gasteiger partial charge in [0.1, 0.15) is 0 Å². The highest BCUT2D eigenvalue weighted by Crippen LogP contribution is 2.06. The molecular formula is C13H30N2. The van der Waals surface area contributed by atoms with Crippen LogP contribution in [-0.2, 0) is 0 Å². The first kappa shape index (κ1) is 14.9. The number of hydrogen-bond acceptors (Lipinski definition) is 2. The molecule has 0 radical (unpaired) electrons. The molecule has 0 rings (SSSR count). The number of nitrogens with zero attached hydrogens (tertiary/aromatic N) is 2. The highest BCUT2D eigenvalue weighted by molar-refractivity contribution is 4.63. The standard InChI is InChI=1S/C13H30N2/c1-6-9-15(10-7-2)12-13(3)8-11-14(4)5/h13H,6-12H2,1-5H3. The van der Waals surface area contributed by atoms with Crippen molar-refractivity contribution in [3.05, 3.63) is 0 Å². The van der Waals surface area contributed by atoms with E-state index in [4.69, 9.17) is 0 Å². The van der Waals surface area contributed by atoms with Crippen molar-refractivity contribution in [2.45, 2.75) is 40.0 Å². The molecule has 2 heteroatoms. The molecule has 0 spiro atoms. The summed E-state index contributed by atoms with van der Waals surface area (Å²) in [6.45, 7) is 11.9. The molecular weight excluding hydrogens is 184 g/mol. The third kappa shape index (κ3) is 8.88. The van der Waals surface area contributed by atoms with Crippen molar-refractivity contribution in [3.63, 3.8) is 0 Å². The number of hydrogen-bond donors (Lipinski definition) is 0. The maximum Gasteiger partial charge on any atom is 0.000749 e. The van der Waals surface area contributed by atoms with E-state index in [1.54, 1.807) is 0 Å². The SMILES string of the molecule is CCCN(CCC)CC(C)CCN(C)C. The van der Waals surface area contributed by atoms with Crippen molar-refractivity contribution in [2.24, 2.45) is 5.92 Å². The first-order valence-corrected chi connectivity index (χ1v) is 6.47. The lowest BCUT2D eigenvalue weighted by molar-refractivity contribution is 0.223. The highest BCUT2D eigenvalue weighted by Gasteiger charge is 2.08. The second-order valence-corrected chi connectivity index (χ2v) is 5.00. The topological polar surface area (TPSA) is 6.48 Å². The van der Waals surface area contributed by atoms with E-state index in [9.17, 15) is 0 Å². The monoisotopic (exact) mass is 214 g/mol. The van der Waals surface area contributed by atoms with Crippen molar-refractivity contribution in [2.75, 3.05) is 40.3 Å². The van der Waals surface area contributed by atoms with E-state index in [0.29, 0.717) is 0 Å². The summed E-state index contributed by atoms with van der Waals surface area (Å²) in [6, 6.07) is 0. The van der Waals surface area contributed by atoms with Crippen LogP contribution in [0.5, 0.6) is 0 Å². The van der Waals surface area contributed by atoms with Crippen molar-refractivity contribution in [1.82, 2.24) is 9.80 Å². The second kappa shape index (κ2) is 9.17. The lowest BCUT2D eigenvalue weighted by Crippen LogP contribution is -2.31. The molecule has 0 amide bonds. The minimum atomic E-state index is 0.825. The summed E-state index contributed by atoms with van der Waals surface area (Å²) in [5, 5.41) is 0. The van der Waals surface area contributed by atoms with Gasteiger partial charge in [0.25, 0.3) is 0 Å². The van der Waals surface area contributed by atoms with E-state index in [1.165, 1.54) is 45.4 Å². The van der Waals surface area contributed by atoms with Crippen LogP contribution < -0.4 is 0 Å². The Balaban J connectivity index is 3.72. The summed E-state index contributed by atoms with van der Waals surface area (Å²) in [4.78, 5) is 4.89. The molecule has 0 aromatic carbocycles. The summed E-state index contributed by atoms with van der Waals surface area (Å²) in [5.74, 6) is 0.825. The summed E-state index contributed by atoms with van der Waals surface area (Å²) < 4.78 is 0. The molecule has 15 heavy (non-hydrogen) atoms. The molecule has 0 N–H and O–H groups in total. The van der Waals surface area contributed by atoms with Crippen molar-refractivity contribution in [3.8, 4) is 0 Å². The molecule has 0 bridgehead atoms. The van der Waals surface area contributed by atoms with Crippen LogP contribution in [-0.4, -0.2) is 50.1 Å². The molecule has 1 unspecified atom stereocenters. The van der Waals surface area contributed by atoms with Crippen LogP contribution in [0.3, 0.4) is 0 Å². The molecule has 92 valence electrons. The van der Waals surface area contributed by atoms with Crippen molar-refractivity contribution < 1.29 is 0 Å². The Hall–Kier alpha value is -0.0800. The second-order valence-electron chi connectivity index (χ2n) is 5.00. The molecule has 0 aliphatic heterocycles. The molecule has 0 heterocycles. The van der Waals surface area contributed by atoms with E-state index in [2.05, 4.69) is 44.7 Å². The van der Waals surface area contributed by atoms with Gasteiger partial charge in [-0.1, -0.05) is 20.8 Å². The molecule has 0 fully saturated rings. The Morgan fingerprint density at radius 2 is 1.47 bits per heavy atom. The molecule has 0 aliphatic carbocycles. The third-order valence-corrected chi connectivity index (χ3v) is 2.72. The molecule has 0 saturated carbocycles. The van der Waals surface area contributed by atoms with E-state index >= 15 is 0 Å². The summed E-state index contributed by atoms with van der Waals surface area (Å²) >= 11 is 0. The van der Waals surface area contributed by atoms with Crippen LogP contribution in [0, 0.1) is 5.92 Å². The minimum Gasteiger partial charge on any atom is -0.309 e. The zero-order valence-corrected chi connectivity index (χ0v) is 11.4. The third-order valence-electron chi connectivity index (χ3n) is 2.72. The molecule has 2 nitrogen and oxygen atoms in total. The predicted octanol–water partition coefficient (Wildman–Crippen LogP) is 2.70. The zero-order valence-electron chi connectivity index (χ0n) is 11.4. The van der Waals surface area contributed by atoms with Gasteiger partial charge < -0.3 is 9.80 Å². The van der Waals surface area contributed by atoms with Crippen LogP contribution in [0.2, 0.25) is 0 Å². The van der Waals surface area contributed by atoms with Gasteiger partial charge in [0, 0.05) is 6.54 Å². The molecule has 0 saturated heterocycles. The Labute approximate surface area is 96.6 Å². The van der Waals surface area contributed by atoms with Crippen molar-refractivity contribution >= 4 is 0 Å². The first-order valence-electron chi connectivity index (χ1n) is 6.47. The van der Waals surface area contributed by atoms with Gasteiger partial charge in [-0.05, 0) is 58.9 Å². The van der Waals surface area contributed by atoms with Crippen LogP contribution in [0.15, 0.2) is 0 Å². The van der Waals surface area contributed by atoms with Gasteiger partial charge >= 0.3 is 0 Å². The largest absolute Gasteiger partial charge is 0.309 e. The fourth-order valence-corrected chi connectivity index (χ4v) is 1.94. The smallest absolute Gasteiger partial charge is 0.000749 e. The van der Waals surface area contributed by atoms with Gasteiger partial charge in [-0.25, -0.2) is 0 Å². The van der Waals surface area contributed by atoms with Crippen LogP contribution in [0.25, 0.3) is 0 Å². The van der Waals surface area contributed by atoms with E-state index in [0.717, 1.165) is 5.92 Å². The lowest BCUT2D eigenvalue weighted by Gasteiger charge is -2.25. The Kier molecular flexibility index (Phi) is 9.12. The fraction of sp³-hybridized carbons (Fsp3) is 1.00.